The molecule has 1 aromatic rings. The van der Waals surface area contributed by atoms with E-state index in [1.165, 1.54) is 16.9 Å². The summed E-state index contributed by atoms with van der Waals surface area (Å²) in [6.45, 7) is 2.00. The second-order valence-corrected chi connectivity index (χ2v) is 3.33. The van der Waals surface area contributed by atoms with Crippen molar-refractivity contribution in [3.05, 3.63) is 17.0 Å². The van der Waals surface area contributed by atoms with E-state index in [0.717, 1.165) is 4.78 Å². The van der Waals surface area contributed by atoms with E-state index in [2.05, 4.69) is 12.5 Å². The first-order valence-electron chi connectivity index (χ1n) is 2.61. The number of aryl methyl sites for hydroxylation is 1. The molecule has 0 saturated heterocycles. The first-order valence-corrected chi connectivity index (χ1v) is 4.01. The molecule has 1 N–H and O–H groups in total. The Morgan fingerprint density at radius 1 is 1.78 bits per heavy atom. The molecule has 0 amide bonds. The number of rotatable bonds is 1. The monoisotopic (exact) mass is 158 g/mol. The van der Waals surface area contributed by atoms with Gasteiger partial charge in [-0.2, -0.15) is 23.8 Å². The molecule has 0 fully saturated rings. The molecular weight excluding hydrogens is 151 g/mol. The predicted octanol–water partition coefficient (Wildman–Crippen LogP) is 0.674. The summed E-state index contributed by atoms with van der Waals surface area (Å²) >= 11 is 5.40. The Balaban J connectivity index is 2.85. The smallest absolute Gasteiger partial charge is 0.401 e. The molecule has 0 bridgehead atoms. The molecule has 1 heterocycles. The van der Waals surface area contributed by atoms with Gasteiger partial charge in [-0.1, -0.05) is 6.07 Å². The highest BCUT2D eigenvalue weighted by Crippen LogP contribution is 2.03. The van der Waals surface area contributed by atoms with Crippen molar-refractivity contribution >= 4 is 34.8 Å². The van der Waals surface area contributed by atoms with E-state index < -0.39 is 6.19 Å². The average Bonchev–Trinajstić information content (AvgIpc) is 2.14. The molecule has 0 radical (unpaired) electrons. The summed E-state index contributed by atoms with van der Waals surface area (Å²) in [7, 11) is 0. The number of hydrogen-bond donors (Lipinski definition) is 2. The molecule has 0 aliphatic heterocycles. The lowest BCUT2D eigenvalue weighted by atomic mass is 9.97. The third kappa shape index (κ3) is 1.74. The fraction of sp³-hybridized carbons (Fsp3) is 0.200. The van der Waals surface area contributed by atoms with Gasteiger partial charge in [-0.25, -0.2) is 0 Å². The van der Waals surface area contributed by atoms with Crippen LogP contribution >= 0.6 is 23.8 Å². The summed E-state index contributed by atoms with van der Waals surface area (Å²) in [5.74, 6) is 0. The van der Waals surface area contributed by atoms with Gasteiger partial charge in [-0.15, -0.1) is 0 Å². The zero-order chi connectivity index (χ0) is 6.85. The Bertz CT molecular complexity index is 197. The molecule has 0 unspecified atom stereocenters. The Hall–Kier alpha value is 0.0749. The van der Waals surface area contributed by atoms with Crippen molar-refractivity contribution < 1.29 is 5.02 Å². The van der Waals surface area contributed by atoms with Crippen LogP contribution in [0.25, 0.3) is 0 Å². The third-order valence-corrected chi connectivity index (χ3v) is 2.56. The molecule has 0 spiro atoms. The van der Waals surface area contributed by atoms with Crippen molar-refractivity contribution in [2.75, 3.05) is 0 Å². The van der Waals surface area contributed by atoms with E-state index in [0.29, 0.717) is 0 Å². The van der Waals surface area contributed by atoms with Crippen LogP contribution in [0, 0.1) is 6.92 Å². The summed E-state index contributed by atoms with van der Waals surface area (Å²) in [4.78, 5) is 0. The van der Waals surface area contributed by atoms with Crippen LogP contribution in [0.1, 0.15) is 5.56 Å². The lowest BCUT2D eigenvalue weighted by Crippen LogP contribution is -2.19. The summed E-state index contributed by atoms with van der Waals surface area (Å²) < 4.78 is 0.913. The number of thiol groups is 1. The fourth-order valence-corrected chi connectivity index (χ4v) is 1.61. The van der Waals surface area contributed by atoms with Gasteiger partial charge in [0.15, 0.2) is 0 Å². The molecule has 0 aliphatic carbocycles. The minimum absolute atomic E-state index is 0.608. The number of thiophene rings is 1. The van der Waals surface area contributed by atoms with Crippen molar-refractivity contribution in [1.82, 2.24) is 0 Å². The van der Waals surface area contributed by atoms with Gasteiger partial charge < -0.3 is 5.02 Å². The van der Waals surface area contributed by atoms with Gasteiger partial charge >= 0.3 is 6.19 Å². The zero-order valence-corrected chi connectivity index (χ0v) is 6.75. The molecule has 4 heteroatoms. The molecule has 1 rings (SSSR count). The first kappa shape index (κ1) is 7.19. The molecule has 0 atom stereocenters. The molecule has 0 aliphatic rings. The van der Waals surface area contributed by atoms with Gasteiger partial charge in [0.25, 0.3) is 0 Å². The number of hydrogen-bond acceptors (Lipinski definition) is 3. The Morgan fingerprint density at radius 2 is 2.44 bits per heavy atom. The van der Waals surface area contributed by atoms with Crippen LogP contribution in [0.5, 0.6) is 0 Å². The lowest BCUT2D eigenvalue weighted by Gasteiger charge is -1.88. The maximum atomic E-state index is 8.91. The third-order valence-electron chi connectivity index (χ3n) is 1.01. The van der Waals surface area contributed by atoms with Crippen LogP contribution in [0.4, 0.5) is 0 Å². The maximum absolute atomic E-state index is 8.91. The molecule has 9 heavy (non-hydrogen) atoms. The molecule has 1 nitrogen and oxygen atoms in total. The standard InChI is InChI=1S/C5H7BOS2/c1-4-2-5(6(7)8)9-3-4/h2-3,7-8H,1H3. The maximum Gasteiger partial charge on any atom is 0.401 e. The SMILES string of the molecule is Cc1csc(B(O)S)c1. The molecule has 0 aromatic carbocycles. The van der Waals surface area contributed by atoms with E-state index in [1.54, 1.807) is 0 Å². The molecular formula is C5H7BOS2. The van der Waals surface area contributed by atoms with E-state index in [4.69, 9.17) is 5.02 Å². The molecule has 0 saturated carbocycles. The van der Waals surface area contributed by atoms with E-state index in [-0.39, 0.29) is 0 Å². The zero-order valence-electron chi connectivity index (χ0n) is 5.03. The van der Waals surface area contributed by atoms with Crippen LogP contribution in [0.15, 0.2) is 11.4 Å². The van der Waals surface area contributed by atoms with E-state index >= 15 is 0 Å². The lowest BCUT2D eigenvalue weighted by molar-refractivity contribution is 0.610. The van der Waals surface area contributed by atoms with Gasteiger partial charge in [0.1, 0.15) is 0 Å². The van der Waals surface area contributed by atoms with Crippen LogP contribution in [-0.2, 0) is 0 Å². The summed E-state index contributed by atoms with van der Waals surface area (Å²) in [6, 6.07) is 1.93. The quantitative estimate of drug-likeness (QED) is 0.454. The van der Waals surface area contributed by atoms with Crippen LogP contribution in [0.2, 0.25) is 0 Å². The normalized spacial score (nSPS) is 9.67. The van der Waals surface area contributed by atoms with E-state index in [1.807, 2.05) is 18.4 Å². The van der Waals surface area contributed by atoms with E-state index in [9.17, 15) is 0 Å². The van der Waals surface area contributed by atoms with Crippen molar-refractivity contribution in [3.63, 3.8) is 0 Å². The van der Waals surface area contributed by atoms with Crippen molar-refractivity contribution in [1.29, 1.82) is 0 Å². The topological polar surface area (TPSA) is 20.2 Å². The minimum atomic E-state index is -0.608. The van der Waals surface area contributed by atoms with Crippen LogP contribution in [0.3, 0.4) is 0 Å². The highest BCUT2D eigenvalue weighted by Gasteiger charge is 2.08. The second-order valence-electron chi connectivity index (χ2n) is 1.90. The van der Waals surface area contributed by atoms with Crippen molar-refractivity contribution in [3.8, 4) is 0 Å². The summed E-state index contributed by atoms with van der Waals surface area (Å²) in [5.41, 5.74) is 1.18. The highest BCUT2D eigenvalue weighted by atomic mass is 32.1. The second kappa shape index (κ2) is 2.77. The Labute approximate surface area is 64.1 Å². The summed E-state index contributed by atoms with van der Waals surface area (Å²) in [6.07, 6.45) is -0.608. The first-order chi connectivity index (χ1) is 4.20. The average molecular weight is 158 g/mol. The Kier molecular flexibility index (Phi) is 2.21. The highest BCUT2D eigenvalue weighted by molar-refractivity contribution is 8.11. The van der Waals surface area contributed by atoms with Crippen LogP contribution in [-0.4, -0.2) is 11.2 Å². The van der Waals surface area contributed by atoms with Gasteiger partial charge in [-0.3, -0.25) is 0 Å². The van der Waals surface area contributed by atoms with Crippen molar-refractivity contribution in [2.24, 2.45) is 0 Å². The van der Waals surface area contributed by atoms with Crippen LogP contribution < -0.4 is 4.78 Å². The molecule has 48 valence electrons. The minimum Gasteiger partial charge on any atom is -0.437 e. The molecule has 1 aromatic heterocycles. The Morgan fingerprint density at radius 3 is 2.67 bits per heavy atom. The van der Waals surface area contributed by atoms with Gasteiger partial charge in [0.05, 0.1) is 0 Å². The van der Waals surface area contributed by atoms with Gasteiger partial charge in [-0.05, 0) is 17.9 Å². The van der Waals surface area contributed by atoms with Gasteiger partial charge in [0, 0.05) is 4.78 Å². The largest absolute Gasteiger partial charge is 0.437 e. The van der Waals surface area contributed by atoms with Crippen molar-refractivity contribution in [2.45, 2.75) is 6.92 Å². The predicted molar refractivity (Wildman–Crippen MR) is 45.6 cm³/mol. The summed E-state index contributed by atoms with van der Waals surface area (Å²) in [5, 5.41) is 10.9. The fourth-order valence-electron chi connectivity index (χ4n) is 0.589. The van der Waals surface area contributed by atoms with Gasteiger partial charge in [0.2, 0.25) is 0 Å².